The molecule has 0 unspecified atom stereocenters. The summed E-state index contributed by atoms with van der Waals surface area (Å²) in [5.41, 5.74) is 2.72. The summed E-state index contributed by atoms with van der Waals surface area (Å²) in [4.78, 5) is 17.8. The average molecular weight is 382 g/mol. The van der Waals surface area contributed by atoms with Crippen molar-refractivity contribution in [3.8, 4) is 0 Å². The molecule has 0 spiro atoms. The topological polar surface area (TPSA) is 68.0 Å². The van der Waals surface area contributed by atoms with E-state index in [-0.39, 0.29) is 11.3 Å². The van der Waals surface area contributed by atoms with Gasteiger partial charge in [-0.25, -0.2) is 0 Å². The van der Waals surface area contributed by atoms with Gasteiger partial charge < -0.3 is 9.84 Å². The summed E-state index contributed by atoms with van der Waals surface area (Å²) in [6.07, 6.45) is 0. The third kappa shape index (κ3) is 4.98. The molecule has 0 aliphatic carbocycles. The maximum atomic E-state index is 12.8. The number of nitrogens with zero attached hydrogens (tertiary/aromatic N) is 2. The molecule has 0 bridgehead atoms. The molecule has 140 valence electrons. The molecule has 27 heavy (non-hydrogen) atoms. The van der Waals surface area contributed by atoms with E-state index in [9.17, 15) is 4.79 Å². The first-order chi connectivity index (χ1) is 12.8. The normalized spacial score (nSPS) is 11.4. The van der Waals surface area contributed by atoms with Gasteiger partial charge in [-0.05, 0) is 35.2 Å². The van der Waals surface area contributed by atoms with Gasteiger partial charge in [0.2, 0.25) is 5.89 Å². The van der Waals surface area contributed by atoms with Gasteiger partial charge in [0.05, 0.1) is 11.3 Å². The molecule has 1 N–H and O–H groups in total. The van der Waals surface area contributed by atoms with E-state index in [4.69, 9.17) is 4.52 Å². The van der Waals surface area contributed by atoms with Crippen molar-refractivity contribution in [3.63, 3.8) is 0 Å². The van der Waals surface area contributed by atoms with Crippen LogP contribution in [0.1, 0.15) is 48.4 Å². The number of rotatable bonds is 5. The van der Waals surface area contributed by atoms with Crippen LogP contribution in [0, 0.1) is 6.92 Å². The molecule has 6 heteroatoms. The Balaban J connectivity index is 1.71. The second-order valence-electron chi connectivity index (χ2n) is 7.30. The highest BCUT2D eigenvalue weighted by atomic mass is 32.2. The van der Waals surface area contributed by atoms with E-state index >= 15 is 0 Å². The Kier molecular flexibility index (Phi) is 5.65. The summed E-state index contributed by atoms with van der Waals surface area (Å²) >= 11 is 1.51. The number of thioether (sulfide) groups is 1. The number of anilines is 1. The Morgan fingerprint density at radius 3 is 2.44 bits per heavy atom. The predicted molar refractivity (Wildman–Crippen MR) is 108 cm³/mol. The lowest BCUT2D eigenvalue weighted by Gasteiger charge is -2.19. The van der Waals surface area contributed by atoms with Crippen LogP contribution in [-0.4, -0.2) is 16.0 Å². The third-order valence-corrected chi connectivity index (χ3v) is 5.14. The Morgan fingerprint density at radius 1 is 1.11 bits per heavy atom. The Hall–Kier alpha value is -2.60. The van der Waals surface area contributed by atoms with Crippen molar-refractivity contribution >= 4 is 23.4 Å². The van der Waals surface area contributed by atoms with Crippen LogP contribution in [0.2, 0.25) is 0 Å². The highest BCUT2D eigenvalue weighted by molar-refractivity contribution is 7.98. The Labute approximate surface area is 163 Å². The zero-order chi connectivity index (χ0) is 19.4. The molecule has 0 radical (unpaired) electrons. The highest BCUT2D eigenvalue weighted by Gasteiger charge is 2.15. The lowest BCUT2D eigenvalue weighted by molar-refractivity contribution is 0.102. The number of aryl methyl sites for hydroxylation is 1. The number of hydrogen-bond acceptors (Lipinski definition) is 5. The van der Waals surface area contributed by atoms with E-state index in [0.717, 1.165) is 10.6 Å². The van der Waals surface area contributed by atoms with Crippen LogP contribution in [0.4, 0.5) is 5.69 Å². The summed E-state index contributed by atoms with van der Waals surface area (Å²) in [7, 11) is 0. The van der Waals surface area contributed by atoms with Gasteiger partial charge in [0.15, 0.2) is 5.82 Å². The average Bonchev–Trinajstić information content (AvgIpc) is 3.05. The first kappa shape index (κ1) is 19.2. The van der Waals surface area contributed by atoms with Gasteiger partial charge in [-0.15, -0.1) is 11.8 Å². The van der Waals surface area contributed by atoms with E-state index in [1.807, 2.05) is 36.4 Å². The smallest absolute Gasteiger partial charge is 0.256 e. The van der Waals surface area contributed by atoms with Crippen molar-refractivity contribution < 1.29 is 9.32 Å². The maximum Gasteiger partial charge on any atom is 0.256 e. The zero-order valence-electron chi connectivity index (χ0n) is 15.9. The lowest BCUT2D eigenvalue weighted by atomic mass is 9.87. The van der Waals surface area contributed by atoms with Crippen LogP contribution >= 0.6 is 11.8 Å². The van der Waals surface area contributed by atoms with Crippen molar-refractivity contribution in [3.05, 3.63) is 71.4 Å². The van der Waals surface area contributed by atoms with Gasteiger partial charge in [0, 0.05) is 17.5 Å². The quantitative estimate of drug-likeness (QED) is 0.614. The van der Waals surface area contributed by atoms with Gasteiger partial charge in [0.1, 0.15) is 0 Å². The van der Waals surface area contributed by atoms with Crippen LogP contribution < -0.4 is 5.32 Å². The van der Waals surface area contributed by atoms with Crippen molar-refractivity contribution in [2.45, 2.75) is 43.8 Å². The van der Waals surface area contributed by atoms with E-state index in [0.29, 0.717) is 23.0 Å². The fourth-order valence-electron chi connectivity index (χ4n) is 2.57. The number of nitrogens with one attached hydrogen (secondary N) is 1. The highest BCUT2D eigenvalue weighted by Crippen LogP contribution is 2.27. The van der Waals surface area contributed by atoms with E-state index in [1.165, 1.54) is 17.3 Å². The molecule has 1 amide bonds. The predicted octanol–water partition coefficient (Wildman–Crippen LogP) is 5.22. The SMILES string of the molecule is Cc1nc(CSc2ccccc2C(=O)Nc2ccc(C(C)(C)C)cc2)no1. The Bertz CT molecular complexity index is 927. The fraction of sp³-hybridized carbons (Fsp3) is 0.286. The molecule has 0 atom stereocenters. The van der Waals surface area contributed by atoms with Gasteiger partial charge in [-0.2, -0.15) is 4.98 Å². The number of aromatic nitrogens is 2. The van der Waals surface area contributed by atoms with Gasteiger partial charge in [-0.1, -0.05) is 50.2 Å². The zero-order valence-corrected chi connectivity index (χ0v) is 16.8. The molecule has 0 aliphatic rings. The second kappa shape index (κ2) is 7.96. The number of hydrogen-bond donors (Lipinski definition) is 1. The molecule has 5 nitrogen and oxygen atoms in total. The minimum atomic E-state index is -0.133. The van der Waals surface area contributed by atoms with Crippen molar-refractivity contribution in [2.75, 3.05) is 5.32 Å². The van der Waals surface area contributed by atoms with Crippen LogP contribution in [0.5, 0.6) is 0 Å². The third-order valence-electron chi connectivity index (χ3n) is 4.07. The standard InChI is InChI=1S/C21H23N3O2S/c1-14-22-19(24-26-14)13-27-18-8-6-5-7-17(18)20(25)23-16-11-9-15(10-12-16)21(2,3)4/h5-12H,13H2,1-4H3,(H,23,25). The van der Waals surface area contributed by atoms with Crippen LogP contribution in [0.3, 0.4) is 0 Å². The van der Waals surface area contributed by atoms with Crippen LogP contribution in [0.25, 0.3) is 0 Å². The maximum absolute atomic E-state index is 12.8. The van der Waals surface area contributed by atoms with Crippen molar-refractivity contribution in [2.24, 2.45) is 0 Å². The molecule has 0 saturated heterocycles. The first-order valence-corrected chi connectivity index (χ1v) is 9.74. The molecule has 2 aromatic carbocycles. The van der Waals surface area contributed by atoms with Crippen LogP contribution in [0.15, 0.2) is 57.9 Å². The Morgan fingerprint density at radius 2 is 1.81 bits per heavy atom. The molecule has 3 aromatic rings. The van der Waals surface area contributed by atoms with Gasteiger partial charge in [0.25, 0.3) is 5.91 Å². The number of benzene rings is 2. The summed E-state index contributed by atoms with van der Waals surface area (Å²) in [5.74, 6) is 1.56. The number of amides is 1. The van der Waals surface area contributed by atoms with Crippen molar-refractivity contribution in [1.29, 1.82) is 0 Å². The first-order valence-electron chi connectivity index (χ1n) is 8.76. The van der Waals surface area contributed by atoms with E-state index < -0.39 is 0 Å². The minimum absolute atomic E-state index is 0.0826. The molecule has 0 fully saturated rings. The molecule has 0 aliphatic heterocycles. The number of carbonyl (C=O) groups excluding carboxylic acids is 1. The molecule has 3 rings (SSSR count). The molecular formula is C21H23N3O2S. The minimum Gasteiger partial charge on any atom is -0.340 e. The molecule has 1 aromatic heterocycles. The largest absolute Gasteiger partial charge is 0.340 e. The van der Waals surface area contributed by atoms with Gasteiger partial charge in [-0.3, -0.25) is 4.79 Å². The fourth-order valence-corrected chi connectivity index (χ4v) is 3.47. The molecule has 0 saturated carbocycles. The second-order valence-corrected chi connectivity index (χ2v) is 8.31. The lowest BCUT2D eigenvalue weighted by Crippen LogP contribution is -2.14. The van der Waals surface area contributed by atoms with E-state index in [2.05, 4.69) is 48.4 Å². The van der Waals surface area contributed by atoms with Gasteiger partial charge >= 0.3 is 0 Å². The summed E-state index contributed by atoms with van der Waals surface area (Å²) < 4.78 is 4.99. The van der Waals surface area contributed by atoms with Crippen molar-refractivity contribution in [1.82, 2.24) is 10.1 Å². The summed E-state index contributed by atoms with van der Waals surface area (Å²) in [5, 5.41) is 6.87. The van der Waals surface area contributed by atoms with E-state index in [1.54, 1.807) is 6.92 Å². The summed E-state index contributed by atoms with van der Waals surface area (Å²) in [6, 6.07) is 15.5. The molecule has 1 heterocycles. The molecular weight excluding hydrogens is 358 g/mol. The summed E-state index contributed by atoms with van der Waals surface area (Å²) in [6.45, 7) is 8.26. The van der Waals surface area contributed by atoms with Crippen LogP contribution in [-0.2, 0) is 11.2 Å². The number of carbonyl (C=O) groups is 1. The monoisotopic (exact) mass is 381 g/mol.